The zero-order valence-corrected chi connectivity index (χ0v) is 6.70. The molecule has 4 heteroatoms. The van der Waals surface area contributed by atoms with E-state index in [1.807, 2.05) is 5.38 Å². The number of fused-ring (bicyclic) bond motifs is 1. The van der Waals surface area contributed by atoms with E-state index in [0.717, 1.165) is 16.0 Å². The Morgan fingerprint density at radius 1 is 1.73 bits per heavy atom. The van der Waals surface area contributed by atoms with Gasteiger partial charge in [0.1, 0.15) is 0 Å². The van der Waals surface area contributed by atoms with Crippen LogP contribution in [-0.4, -0.2) is 5.91 Å². The third-order valence-corrected chi connectivity index (χ3v) is 2.84. The predicted molar refractivity (Wildman–Crippen MR) is 43.4 cm³/mol. The fraction of sp³-hybridized carbons (Fsp3) is 0.286. The first-order valence-corrected chi connectivity index (χ1v) is 4.28. The van der Waals surface area contributed by atoms with Gasteiger partial charge in [0.2, 0.25) is 0 Å². The first-order valence-electron chi connectivity index (χ1n) is 3.40. The minimum Gasteiger partial charge on any atom is -0.347 e. The maximum Gasteiger partial charge on any atom is 0.253 e. The van der Waals surface area contributed by atoms with Crippen LogP contribution in [0.15, 0.2) is 5.38 Å². The van der Waals surface area contributed by atoms with E-state index in [0.29, 0.717) is 13.1 Å². The summed E-state index contributed by atoms with van der Waals surface area (Å²) in [7, 11) is 0. The standard InChI is InChI=1S/C7H8N2OS/c8-1-4-3-11-5-2-9-7(10)6(4)5/h3H,1-2,8H2,(H,9,10). The Bertz CT molecular complexity index is 305. The molecule has 58 valence electrons. The second-order valence-electron chi connectivity index (χ2n) is 2.45. The van der Waals surface area contributed by atoms with Crippen molar-refractivity contribution in [1.29, 1.82) is 0 Å². The Hall–Kier alpha value is -0.870. The number of carbonyl (C=O) groups is 1. The number of carbonyl (C=O) groups excluding carboxylic acids is 1. The monoisotopic (exact) mass is 168 g/mol. The van der Waals surface area contributed by atoms with Crippen molar-refractivity contribution in [2.24, 2.45) is 5.73 Å². The molecular formula is C7H8N2OS. The van der Waals surface area contributed by atoms with Gasteiger partial charge in [0.05, 0.1) is 12.1 Å². The average molecular weight is 168 g/mol. The van der Waals surface area contributed by atoms with Gasteiger partial charge >= 0.3 is 0 Å². The van der Waals surface area contributed by atoms with Crippen LogP contribution in [0, 0.1) is 0 Å². The molecule has 0 radical (unpaired) electrons. The largest absolute Gasteiger partial charge is 0.347 e. The minimum absolute atomic E-state index is 0.0294. The molecule has 2 heterocycles. The van der Waals surface area contributed by atoms with Crippen LogP contribution < -0.4 is 11.1 Å². The molecule has 0 fully saturated rings. The molecular weight excluding hydrogens is 160 g/mol. The van der Waals surface area contributed by atoms with Crippen LogP contribution in [0.5, 0.6) is 0 Å². The summed E-state index contributed by atoms with van der Waals surface area (Å²) < 4.78 is 0. The van der Waals surface area contributed by atoms with E-state index in [9.17, 15) is 4.79 Å². The first kappa shape index (κ1) is 6.82. The number of nitrogens with one attached hydrogen (secondary N) is 1. The number of hydrogen-bond acceptors (Lipinski definition) is 3. The van der Waals surface area contributed by atoms with E-state index in [1.165, 1.54) is 0 Å². The second kappa shape index (κ2) is 2.32. The molecule has 1 amide bonds. The molecule has 0 spiro atoms. The Balaban J connectivity index is 2.54. The quantitative estimate of drug-likeness (QED) is 0.639. The fourth-order valence-electron chi connectivity index (χ4n) is 1.24. The Kier molecular flexibility index (Phi) is 1.44. The lowest BCUT2D eigenvalue weighted by atomic mass is 10.2. The van der Waals surface area contributed by atoms with Gasteiger partial charge in [0.25, 0.3) is 5.91 Å². The molecule has 0 aliphatic carbocycles. The van der Waals surface area contributed by atoms with E-state index in [1.54, 1.807) is 11.3 Å². The fourth-order valence-corrected chi connectivity index (χ4v) is 2.24. The maximum atomic E-state index is 11.1. The first-order chi connectivity index (χ1) is 5.33. The molecule has 0 saturated heterocycles. The van der Waals surface area contributed by atoms with Crippen LogP contribution in [0.4, 0.5) is 0 Å². The van der Waals surface area contributed by atoms with Gasteiger partial charge in [-0.05, 0) is 10.9 Å². The third kappa shape index (κ3) is 0.868. The lowest BCUT2D eigenvalue weighted by Gasteiger charge is -1.93. The summed E-state index contributed by atoms with van der Waals surface area (Å²) in [4.78, 5) is 12.3. The summed E-state index contributed by atoms with van der Waals surface area (Å²) in [6.07, 6.45) is 0. The normalized spacial score (nSPS) is 14.8. The van der Waals surface area contributed by atoms with E-state index in [-0.39, 0.29) is 5.91 Å². The predicted octanol–water partition coefficient (Wildman–Crippen LogP) is 0.450. The summed E-state index contributed by atoms with van der Waals surface area (Å²) in [5, 5.41) is 4.72. The van der Waals surface area contributed by atoms with Crippen molar-refractivity contribution in [1.82, 2.24) is 5.32 Å². The zero-order valence-electron chi connectivity index (χ0n) is 5.89. The van der Waals surface area contributed by atoms with Crippen molar-refractivity contribution in [3.05, 3.63) is 21.4 Å². The topological polar surface area (TPSA) is 55.1 Å². The van der Waals surface area contributed by atoms with Crippen LogP contribution in [-0.2, 0) is 13.1 Å². The summed E-state index contributed by atoms with van der Waals surface area (Å²) in [5.41, 5.74) is 7.25. The van der Waals surface area contributed by atoms with Crippen LogP contribution in [0.3, 0.4) is 0 Å². The molecule has 0 bridgehead atoms. The third-order valence-electron chi connectivity index (χ3n) is 1.80. The van der Waals surface area contributed by atoms with E-state index in [2.05, 4.69) is 5.32 Å². The van der Waals surface area contributed by atoms with E-state index < -0.39 is 0 Å². The molecule has 0 saturated carbocycles. The number of nitrogens with two attached hydrogens (primary N) is 1. The van der Waals surface area contributed by atoms with Crippen LogP contribution >= 0.6 is 11.3 Å². The van der Waals surface area contributed by atoms with Gasteiger partial charge in [0, 0.05) is 11.4 Å². The van der Waals surface area contributed by atoms with Gasteiger partial charge in [0.15, 0.2) is 0 Å². The van der Waals surface area contributed by atoms with Gasteiger partial charge in [-0.1, -0.05) is 0 Å². The van der Waals surface area contributed by atoms with Crippen molar-refractivity contribution >= 4 is 17.2 Å². The van der Waals surface area contributed by atoms with Crippen molar-refractivity contribution in [3.63, 3.8) is 0 Å². The highest BCUT2D eigenvalue weighted by atomic mass is 32.1. The number of hydrogen-bond donors (Lipinski definition) is 2. The number of amides is 1. The Labute approximate surface area is 68.2 Å². The van der Waals surface area contributed by atoms with Gasteiger partial charge < -0.3 is 11.1 Å². The van der Waals surface area contributed by atoms with Gasteiger partial charge in [-0.15, -0.1) is 11.3 Å². The van der Waals surface area contributed by atoms with Crippen molar-refractivity contribution in [2.45, 2.75) is 13.1 Å². The Morgan fingerprint density at radius 2 is 2.55 bits per heavy atom. The molecule has 2 rings (SSSR count). The van der Waals surface area contributed by atoms with E-state index in [4.69, 9.17) is 5.73 Å². The summed E-state index contributed by atoms with van der Waals surface area (Å²) in [6.45, 7) is 1.14. The Morgan fingerprint density at radius 3 is 3.27 bits per heavy atom. The molecule has 1 aliphatic rings. The summed E-state index contributed by atoms with van der Waals surface area (Å²) in [6, 6.07) is 0. The molecule has 3 N–H and O–H groups in total. The highest BCUT2D eigenvalue weighted by Gasteiger charge is 2.23. The minimum atomic E-state index is 0.0294. The summed E-state index contributed by atoms with van der Waals surface area (Å²) in [5.74, 6) is 0.0294. The molecule has 3 nitrogen and oxygen atoms in total. The molecule has 1 aromatic rings. The van der Waals surface area contributed by atoms with Gasteiger partial charge in [-0.25, -0.2) is 0 Å². The molecule has 0 atom stereocenters. The van der Waals surface area contributed by atoms with Crippen LogP contribution in [0.25, 0.3) is 0 Å². The molecule has 0 aromatic carbocycles. The smallest absolute Gasteiger partial charge is 0.253 e. The highest BCUT2D eigenvalue weighted by molar-refractivity contribution is 7.10. The lowest BCUT2D eigenvalue weighted by molar-refractivity contribution is 0.0965. The average Bonchev–Trinajstić information content (AvgIpc) is 2.54. The lowest BCUT2D eigenvalue weighted by Crippen LogP contribution is -2.14. The SMILES string of the molecule is NCc1csc2c1C(=O)NC2. The van der Waals surface area contributed by atoms with E-state index >= 15 is 0 Å². The zero-order chi connectivity index (χ0) is 7.84. The molecule has 1 aromatic heterocycles. The second-order valence-corrected chi connectivity index (χ2v) is 3.41. The molecule has 11 heavy (non-hydrogen) atoms. The highest BCUT2D eigenvalue weighted by Crippen LogP contribution is 2.25. The molecule has 1 aliphatic heterocycles. The summed E-state index contributed by atoms with van der Waals surface area (Å²) >= 11 is 1.60. The van der Waals surface area contributed by atoms with Crippen LogP contribution in [0.2, 0.25) is 0 Å². The van der Waals surface area contributed by atoms with Crippen molar-refractivity contribution in [2.75, 3.05) is 0 Å². The van der Waals surface area contributed by atoms with Crippen LogP contribution in [0.1, 0.15) is 20.8 Å². The maximum absolute atomic E-state index is 11.1. The van der Waals surface area contributed by atoms with Gasteiger partial charge in [-0.3, -0.25) is 4.79 Å². The number of rotatable bonds is 1. The van der Waals surface area contributed by atoms with Gasteiger partial charge in [-0.2, -0.15) is 0 Å². The number of thiophene rings is 1. The molecule has 0 unspecified atom stereocenters. The van der Waals surface area contributed by atoms with Crippen molar-refractivity contribution < 1.29 is 4.79 Å². The van der Waals surface area contributed by atoms with Crippen molar-refractivity contribution in [3.8, 4) is 0 Å².